The van der Waals surface area contributed by atoms with Gasteiger partial charge in [0.25, 0.3) is 0 Å². The lowest BCUT2D eigenvalue weighted by Crippen LogP contribution is -2.27. The van der Waals surface area contributed by atoms with Crippen molar-refractivity contribution in [2.24, 2.45) is 0 Å². The number of carbonyl (C=O) groups is 1. The average molecular weight is 318 g/mol. The Morgan fingerprint density at radius 2 is 2.09 bits per heavy atom. The third kappa shape index (κ3) is 5.22. The first-order valence-electron chi connectivity index (χ1n) is 7.55. The zero-order valence-corrected chi connectivity index (χ0v) is 13.9. The molecule has 0 radical (unpaired) electrons. The van der Waals surface area contributed by atoms with E-state index in [-0.39, 0.29) is 5.91 Å². The van der Waals surface area contributed by atoms with Crippen molar-refractivity contribution < 1.29 is 9.21 Å². The van der Waals surface area contributed by atoms with E-state index in [1.54, 1.807) is 18.0 Å². The van der Waals surface area contributed by atoms with Crippen molar-refractivity contribution >= 4 is 17.7 Å². The molecule has 4 nitrogen and oxygen atoms in total. The molecule has 0 aliphatic carbocycles. The van der Waals surface area contributed by atoms with Crippen LogP contribution in [-0.2, 0) is 11.2 Å². The van der Waals surface area contributed by atoms with Gasteiger partial charge in [0.2, 0.25) is 11.8 Å². The van der Waals surface area contributed by atoms with Crippen molar-refractivity contribution in [1.82, 2.24) is 10.3 Å². The van der Waals surface area contributed by atoms with Crippen LogP contribution in [0.25, 0.3) is 11.5 Å². The molecule has 0 aliphatic heterocycles. The van der Waals surface area contributed by atoms with Gasteiger partial charge in [-0.3, -0.25) is 4.79 Å². The van der Waals surface area contributed by atoms with E-state index in [0.717, 1.165) is 23.4 Å². The first-order valence-corrected chi connectivity index (χ1v) is 8.70. The number of carbonyl (C=O) groups excluding carboxylic acids is 1. The van der Waals surface area contributed by atoms with Crippen LogP contribution >= 0.6 is 11.8 Å². The average Bonchev–Trinajstić information content (AvgIpc) is 2.97. The van der Waals surface area contributed by atoms with E-state index in [1.165, 1.54) is 5.56 Å². The van der Waals surface area contributed by atoms with E-state index < -0.39 is 0 Å². The van der Waals surface area contributed by atoms with Crippen LogP contribution in [0.3, 0.4) is 0 Å². The Balaban J connectivity index is 1.78. The standard InChI is InChI=1S/C17H22N2O2S/c1-3-10-22-12-16(20)18-9-8-15-11-21-17(19-15)14-6-4-13(2)5-7-14/h4-7,11H,3,8-10,12H2,1-2H3,(H,18,20). The summed E-state index contributed by atoms with van der Waals surface area (Å²) in [6.07, 6.45) is 3.44. The normalized spacial score (nSPS) is 10.6. The first-order chi connectivity index (χ1) is 10.7. The minimum absolute atomic E-state index is 0.0840. The van der Waals surface area contributed by atoms with E-state index in [9.17, 15) is 4.79 Å². The number of aromatic nitrogens is 1. The van der Waals surface area contributed by atoms with Crippen molar-refractivity contribution in [1.29, 1.82) is 0 Å². The largest absolute Gasteiger partial charge is 0.444 e. The molecular weight excluding hydrogens is 296 g/mol. The Morgan fingerprint density at radius 1 is 1.32 bits per heavy atom. The molecule has 1 aromatic heterocycles. The van der Waals surface area contributed by atoms with Gasteiger partial charge in [0.15, 0.2) is 0 Å². The van der Waals surface area contributed by atoms with Gasteiger partial charge in [-0.2, -0.15) is 11.8 Å². The third-order valence-corrected chi connectivity index (χ3v) is 4.30. The van der Waals surface area contributed by atoms with Crippen LogP contribution in [0.4, 0.5) is 0 Å². The van der Waals surface area contributed by atoms with Gasteiger partial charge >= 0.3 is 0 Å². The Kier molecular flexibility index (Phi) is 6.52. The highest BCUT2D eigenvalue weighted by Gasteiger charge is 2.07. The number of hydrogen-bond acceptors (Lipinski definition) is 4. The van der Waals surface area contributed by atoms with Gasteiger partial charge in [-0.1, -0.05) is 24.6 Å². The lowest BCUT2D eigenvalue weighted by Gasteiger charge is -2.02. The second kappa shape index (κ2) is 8.63. The molecule has 0 unspecified atom stereocenters. The maximum Gasteiger partial charge on any atom is 0.230 e. The molecule has 2 rings (SSSR count). The van der Waals surface area contributed by atoms with E-state index >= 15 is 0 Å². The highest BCUT2D eigenvalue weighted by molar-refractivity contribution is 7.99. The molecule has 118 valence electrons. The summed E-state index contributed by atoms with van der Waals surface area (Å²) in [5, 5.41) is 2.91. The fourth-order valence-corrected chi connectivity index (χ4v) is 2.66. The predicted octanol–water partition coefficient (Wildman–Crippen LogP) is 3.45. The molecule has 5 heteroatoms. The molecule has 0 fully saturated rings. The summed E-state index contributed by atoms with van der Waals surface area (Å²) < 4.78 is 5.50. The Hall–Kier alpha value is -1.75. The number of aryl methyl sites for hydroxylation is 1. The fraction of sp³-hybridized carbons (Fsp3) is 0.412. The van der Waals surface area contributed by atoms with E-state index in [1.807, 2.05) is 31.2 Å². The van der Waals surface area contributed by atoms with Gasteiger partial charge in [0.05, 0.1) is 11.4 Å². The van der Waals surface area contributed by atoms with Crippen LogP contribution in [0.2, 0.25) is 0 Å². The molecule has 1 N–H and O–H groups in total. The number of hydrogen-bond donors (Lipinski definition) is 1. The molecule has 0 bridgehead atoms. The first kappa shape index (κ1) is 16.6. The number of nitrogens with zero attached hydrogens (tertiary/aromatic N) is 1. The summed E-state index contributed by atoms with van der Waals surface area (Å²) in [5.74, 6) is 2.26. The summed E-state index contributed by atoms with van der Waals surface area (Å²) in [6.45, 7) is 4.75. The van der Waals surface area contributed by atoms with Gasteiger partial charge in [0.1, 0.15) is 6.26 Å². The summed E-state index contributed by atoms with van der Waals surface area (Å²) in [7, 11) is 0. The zero-order valence-electron chi connectivity index (χ0n) is 13.1. The molecule has 0 atom stereocenters. The van der Waals surface area contributed by atoms with Crippen molar-refractivity contribution in [3.8, 4) is 11.5 Å². The van der Waals surface area contributed by atoms with Gasteiger partial charge in [0, 0.05) is 18.5 Å². The van der Waals surface area contributed by atoms with Crippen molar-refractivity contribution in [3.63, 3.8) is 0 Å². The zero-order chi connectivity index (χ0) is 15.8. The van der Waals surface area contributed by atoms with Crippen LogP contribution < -0.4 is 5.32 Å². The summed E-state index contributed by atoms with van der Waals surface area (Å²) in [4.78, 5) is 16.1. The van der Waals surface area contributed by atoms with Crippen LogP contribution in [0, 0.1) is 6.92 Å². The summed E-state index contributed by atoms with van der Waals surface area (Å²) in [5.41, 5.74) is 3.04. The molecule has 0 aliphatic rings. The van der Waals surface area contributed by atoms with Gasteiger partial charge in [-0.15, -0.1) is 0 Å². The lowest BCUT2D eigenvalue weighted by atomic mass is 10.1. The smallest absolute Gasteiger partial charge is 0.230 e. The minimum atomic E-state index is 0.0840. The fourth-order valence-electron chi connectivity index (χ4n) is 1.94. The molecule has 0 saturated heterocycles. The summed E-state index contributed by atoms with van der Waals surface area (Å²) >= 11 is 1.66. The molecule has 2 aromatic rings. The van der Waals surface area contributed by atoms with Gasteiger partial charge < -0.3 is 9.73 Å². The monoisotopic (exact) mass is 318 g/mol. The van der Waals surface area contributed by atoms with Crippen molar-refractivity contribution in [3.05, 3.63) is 41.8 Å². The number of thioether (sulfide) groups is 1. The number of amides is 1. The Morgan fingerprint density at radius 3 is 2.82 bits per heavy atom. The second-order valence-corrected chi connectivity index (χ2v) is 6.27. The third-order valence-electron chi connectivity index (χ3n) is 3.14. The summed E-state index contributed by atoms with van der Waals surface area (Å²) in [6, 6.07) is 8.07. The van der Waals surface area contributed by atoms with Crippen LogP contribution in [-0.4, -0.2) is 28.9 Å². The van der Waals surface area contributed by atoms with Gasteiger partial charge in [-0.05, 0) is 31.2 Å². The van der Waals surface area contributed by atoms with Crippen LogP contribution in [0.15, 0.2) is 34.9 Å². The molecular formula is C17H22N2O2S. The van der Waals surface area contributed by atoms with Gasteiger partial charge in [-0.25, -0.2) is 4.98 Å². The number of rotatable bonds is 8. The van der Waals surface area contributed by atoms with Crippen molar-refractivity contribution in [2.75, 3.05) is 18.1 Å². The van der Waals surface area contributed by atoms with E-state index in [2.05, 4.69) is 17.2 Å². The maximum absolute atomic E-state index is 11.6. The molecule has 22 heavy (non-hydrogen) atoms. The SMILES string of the molecule is CCCSCC(=O)NCCc1coc(-c2ccc(C)cc2)n1. The number of oxazole rings is 1. The van der Waals surface area contributed by atoms with E-state index in [0.29, 0.717) is 24.6 Å². The maximum atomic E-state index is 11.6. The molecule has 1 amide bonds. The molecule has 0 saturated carbocycles. The number of nitrogens with one attached hydrogen (secondary N) is 1. The Labute approximate surface area is 135 Å². The molecule has 1 heterocycles. The second-order valence-electron chi connectivity index (χ2n) is 5.16. The van der Waals surface area contributed by atoms with E-state index in [4.69, 9.17) is 4.42 Å². The quantitative estimate of drug-likeness (QED) is 0.757. The highest BCUT2D eigenvalue weighted by Crippen LogP contribution is 2.19. The molecule has 0 spiro atoms. The topological polar surface area (TPSA) is 55.1 Å². The van der Waals surface area contributed by atoms with Crippen molar-refractivity contribution in [2.45, 2.75) is 26.7 Å². The highest BCUT2D eigenvalue weighted by atomic mass is 32.2. The van der Waals surface area contributed by atoms with Crippen LogP contribution in [0.5, 0.6) is 0 Å². The Bertz CT molecular complexity index is 593. The minimum Gasteiger partial charge on any atom is -0.444 e. The predicted molar refractivity (Wildman–Crippen MR) is 91.0 cm³/mol. The number of benzene rings is 1. The molecule has 1 aromatic carbocycles. The van der Waals surface area contributed by atoms with Crippen LogP contribution in [0.1, 0.15) is 24.6 Å². The lowest BCUT2D eigenvalue weighted by molar-refractivity contribution is -0.118.